The molecule has 31 heavy (non-hydrogen) atoms. The molecule has 3 N–H and O–H groups in total. The maximum atomic E-state index is 12.6. The number of ether oxygens (including phenoxy) is 1. The lowest BCUT2D eigenvalue weighted by molar-refractivity contribution is -0.114. The van der Waals surface area contributed by atoms with Gasteiger partial charge < -0.3 is 20.7 Å². The van der Waals surface area contributed by atoms with Gasteiger partial charge in [-0.1, -0.05) is 24.3 Å². The van der Waals surface area contributed by atoms with Gasteiger partial charge in [-0.25, -0.2) is 0 Å². The minimum Gasteiger partial charge on any atom is -0.370 e. The van der Waals surface area contributed by atoms with Crippen LogP contribution < -0.4 is 16.0 Å². The van der Waals surface area contributed by atoms with Crippen molar-refractivity contribution in [2.75, 3.05) is 30.3 Å². The van der Waals surface area contributed by atoms with Gasteiger partial charge in [-0.05, 0) is 42.7 Å². The molecule has 2 amide bonds. The molecule has 2 aromatic carbocycles. The molecule has 0 aromatic heterocycles. The second kappa shape index (κ2) is 7.66. The molecule has 1 atom stereocenters. The first-order chi connectivity index (χ1) is 14.9. The van der Waals surface area contributed by atoms with Crippen LogP contribution in [0.2, 0.25) is 0 Å². The van der Waals surface area contributed by atoms with E-state index in [1.807, 2.05) is 36.4 Å². The number of piperidine rings is 1. The fourth-order valence-corrected chi connectivity index (χ4v) is 5.05. The van der Waals surface area contributed by atoms with Crippen molar-refractivity contribution >= 4 is 23.2 Å². The van der Waals surface area contributed by atoms with Gasteiger partial charge in [-0.3, -0.25) is 14.5 Å². The van der Waals surface area contributed by atoms with E-state index in [-0.39, 0.29) is 17.4 Å². The van der Waals surface area contributed by atoms with Crippen LogP contribution in [0.4, 0.5) is 11.4 Å². The number of rotatable bonds is 3. The van der Waals surface area contributed by atoms with Gasteiger partial charge in [0.1, 0.15) is 5.66 Å². The number of carbonyl (C=O) groups excluding carboxylic acids is 2. The SMILES string of the molecule is CC(=O)Nc1ccc(CN2CCC3(CC2)CC2(CO3)NC(=O)c3ccccc3N2)cc1. The summed E-state index contributed by atoms with van der Waals surface area (Å²) >= 11 is 0. The van der Waals surface area contributed by atoms with Crippen LogP contribution in [-0.2, 0) is 16.1 Å². The maximum absolute atomic E-state index is 12.6. The fraction of sp³-hybridized carbons (Fsp3) is 0.417. The summed E-state index contributed by atoms with van der Waals surface area (Å²) in [6, 6.07) is 15.7. The van der Waals surface area contributed by atoms with E-state index in [1.54, 1.807) is 0 Å². The Hall–Kier alpha value is -2.90. The van der Waals surface area contributed by atoms with E-state index in [1.165, 1.54) is 12.5 Å². The third-order valence-corrected chi connectivity index (χ3v) is 6.59. The molecular weight excluding hydrogens is 392 g/mol. The predicted molar refractivity (Wildman–Crippen MR) is 119 cm³/mol. The van der Waals surface area contributed by atoms with Crippen molar-refractivity contribution in [2.24, 2.45) is 0 Å². The van der Waals surface area contributed by atoms with Gasteiger partial charge in [-0.15, -0.1) is 0 Å². The van der Waals surface area contributed by atoms with Crippen molar-refractivity contribution in [2.45, 2.75) is 44.0 Å². The molecule has 2 saturated heterocycles. The summed E-state index contributed by atoms with van der Waals surface area (Å²) in [5.74, 6) is -0.0920. The summed E-state index contributed by atoms with van der Waals surface area (Å²) in [7, 11) is 0. The maximum Gasteiger partial charge on any atom is 0.255 e. The molecule has 5 rings (SSSR count). The molecule has 2 spiro atoms. The summed E-state index contributed by atoms with van der Waals surface area (Å²) in [6.07, 6.45) is 2.66. The van der Waals surface area contributed by atoms with Gasteiger partial charge in [0.2, 0.25) is 5.91 Å². The number of nitrogens with zero attached hydrogens (tertiary/aromatic N) is 1. The third kappa shape index (κ3) is 4.03. The number of fused-ring (bicyclic) bond motifs is 1. The lowest BCUT2D eigenvalue weighted by Crippen LogP contribution is -2.59. The number of hydrogen-bond acceptors (Lipinski definition) is 5. The molecule has 0 saturated carbocycles. The van der Waals surface area contributed by atoms with Crippen LogP contribution in [0.3, 0.4) is 0 Å². The first kappa shape index (κ1) is 20.0. The number of likely N-dealkylation sites (tertiary alicyclic amines) is 1. The first-order valence-corrected chi connectivity index (χ1v) is 10.9. The summed E-state index contributed by atoms with van der Waals surface area (Å²) in [5, 5.41) is 9.52. The van der Waals surface area contributed by atoms with Crippen molar-refractivity contribution in [3.63, 3.8) is 0 Å². The predicted octanol–water partition coefficient (Wildman–Crippen LogP) is 2.95. The zero-order valence-corrected chi connectivity index (χ0v) is 17.7. The molecule has 0 aliphatic carbocycles. The summed E-state index contributed by atoms with van der Waals surface area (Å²) < 4.78 is 6.35. The molecule has 0 radical (unpaired) electrons. The number of para-hydroxylation sites is 1. The van der Waals surface area contributed by atoms with Crippen LogP contribution in [0.25, 0.3) is 0 Å². The van der Waals surface area contributed by atoms with E-state index < -0.39 is 5.66 Å². The monoisotopic (exact) mass is 420 g/mol. The normalized spacial score (nSPS) is 24.5. The smallest absolute Gasteiger partial charge is 0.255 e. The molecule has 3 aliphatic rings. The van der Waals surface area contributed by atoms with Crippen LogP contribution in [0.1, 0.15) is 42.1 Å². The second-order valence-corrected chi connectivity index (χ2v) is 9.01. The van der Waals surface area contributed by atoms with Gasteiger partial charge in [0.15, 0.2) is 0 Å². The quantitative estimate of drug-likeness (QED) is 0.711. The van der Waals surface area contributed by atoms with Gasteiger partial charge in [0.05, 0.1) is 17.8 Å². The van der Waals surface area contributed by atoms with E-state index >= 15 is 0 Å². The van der Waals surface area contributed by atoms with Crippen molar-refractivity contribution in [1.29, 1.82) is 0 Å². The lowest BCUT2D eigenvalue weighted by atomic mass is 9.84. The molecule has 2 fully saturated rings. The first-order valence-electron chi connectivity index (χ1n) is 10.9. The van der Waals surface area contributed by atoms with Gasteiger partial charge in [-0.2, -0.15) is 0 Å². The van der Waals surface area contributed by atoms with E-state index in [9.17, 15) is 9.59 Å². The van der Waals surface area contributed by atoms with Gasteiger partial charge in [0.25, 0.3) is 5.91 Å². The van der Waals surface area contributed by atoms with Crippen molar-refractivity contribution in [3.8, 4) is 0 Å². The Labute approximate surface area is 182 Å². The summed E-state index contributed by atoms with van der Waals surface area (Å²) in [5.41, 5.74) is 2.90. The van der Waals surface area contributed by atoms with Crippen LogP contribution >= 0.6 is 0 Å². The van der Waals surface area contributed by atoms with Crippen LogP contribution in [0, 0.1) is 0 Å². The number of anilines is 2. The largest absolute Gasteiger partial charge is 0.370 e. The molecule has 3 aliphatic heterocycles. The van der Waals surface area contributed by atoms with Crippen molar-refractivity contribution in [1.82, 2.24) is 10.2 Å². The molecular formula is C24H28N4O3. The average Bonchev–Trinajstić information content (AvgIpc) is 3.08. The molecule has 0 bridgehead atoms. The number of nitrogens with one attached hydrogen (secondary N) is 3. The van der Waals surface area contributed by atoms with E-state index in [0.29, 0.717) is 12.2 Å². The molecule has 162 valence electrons. The number of carbonyl (C=O) groups is 2. The van der Waals surface area contributed by atoms with E-state index in [2.05, 4.69) is 33.0 Å². The number of hydrogen-bond donors (Lipinski definition) is 3. The van der Waals surface area contributed by atoms with Gasteiger partial charge in [0, 0.05) is 44.4 Å². The molecule has 2 aromatic rings. The Morgan fingerprint density at radius 1 is 1.10 bits per heavy atom. The number of amides is 2. The average molecular weight is 421 g/mol. The minimum atomic E-state index is -0.521. The highest BCUT2D eigenvalue weighted by Gasteiger charge is 2.53. The topological polar surface area (TPSA) is 82.7 Å². The third-order valence-electron chi connectivity index (χ3n) is 6.59. The fourth-order valence-electron chi connectivity index (χ4n) is 5.05. The summed E-state index contributed by atoms with van der Waals surface area (Å²) in [4.78, 5) is 26.2. The minimum absolute atomic E-state index is 0.0323. The second-order valence-electron chi connectivity index (χ2n) is 9.01. The van der Waals surface area contributed by atoms with E-state index in [4.69, 9.17) is 4.74 Å². The highest BCUT2D eigenvalue weighted by atomic mass is 16.5. The van der Waals surface area contributed by atoms with Crippen LogP contribution in [0.5, 0.6) is 0 Å². The Morgan fingerprint density at radius 2 is 1.84 bits per heavy atom. The molecule has 7 heteroatoms. The Balaban J connectivity index is 1.19. The summed E-state index contributed by atoms with van der Waals surface area (Å²) in [6.45, 7) is 4.78. The molecule has 3 heterocycles. The van der Waals surface area contributed by atoms with Gasteiger partial charge >= 0.3 is 0 Å². The van der Waals surface area contributed by atoms with Crippen molar-refractivity contribution in [3.05, 3.63) is 59.7 Å². The Bertz CT molecular complexity index is 998. The molecule has 7 nitrogen and oxygen atoms in total. The lowest BCUT2D eigenvalue weighted by Gasteiger charge is -2.41. The molecule has 1 unspecified atom stereocenters. The highest BCUT2D eigenvalue weighted by molar-refractivity contribution is 6.02. The standard InChI is InChI=1S/C24H28N4O3/c1-17(29)25-19-8-6-18(7-9-19)14-28-12-10-23(11-13-28)15-24(16-31-23)26-21-5-3-2-4-20(21)22(30)27-24/h2-9,26H,10-16H2,1H3,(H,25,29)(H,27,30). The highest BCUT2D eigenvalue weighted by Crippen LogP contribution is 2.43. The van der Waals surface area contributed by atoms with Crippen molar-refractivity contribution < 1.29 is 14.3 Å². The Morgan fingerprint density at radius 3 is 2.58 bits per heavy atom. The number of benzene rings is 2. The Kier molecular flexibility index (Phi) is 4.95. The van der Waals surface area contributed by atoms with Crippen LogP contribution in [-0.4, -0.2) is 47.7 Å². The zero-order chi connectivity index (χ0) is 21.5. The zero-order valence-electron chi connectivity index (χ0n) is 17.7. The van der Waals surface area contributed by atoms with Crippen LogP contribution in [0.15, 0.2) is 48.5 Å². The van der Waals surface area contributed by atoms with E-state index in [0.717, 1.165) is 50.3 Å².